The molecule has 3 aromatic carbocycles. The molecule has 2 N–H and O–H groups in total. The van der Waals surface area contributed by atoms with Crippen molar-refractivity contribution in [1.82, 2.24) is 0 Å². The Morgan fingerprint density at radius 3 is 1.93 bits per heavy atom. The molecule has 0 aliphatic carbocycles. The molecule has 0 radical (unpaired) electrons. The van der Waals surface area contributed by atoms with Gasteiger partial charge >= 0.3 is 0 Å². The van der Waals surface area contributed by atoms with E-state index >= 15 is 0 Å². The minimum atomic E-state index is -0.223. The van der Waals surface area contributed by atoms with Gasteiger partial charge in [0.25, 0.3) is 11.8 Å². The highest BCUT2D eigenvalue weighted by Gasteiger charge is 2.15. The lowest BCUT2D eigenvalue weighted by atomic mass is 9.87. The van der Waals surface area contributed by atoms with Crippen LogP contribution in [0.25, 0.3) is 0 Å². The molecule has 0 spiro atoms. The molecule has 4 nitrogen and oxygen atoms in total. The zero-order chi connectivity index (χ0) is 21.0. The lowest BCUT2D eigenvalue weighted by Crippen LogP contribution is -2.15. The van der Waals surface area contributed by atoms with Crippen molar-refractivity contribution in [2.75, 3.05) is 10.6 Å². The highest BCUT2D eigenvalue weighted by molar-refractivity contribution is 9.10. The Labute approximate surface area is 179 Å². The summed E-state index contributed by atoms with van der Waals surface area (Å²) in [6, 6.07) is 21.9. The van der Waals surface area contributed by atoms with Gasteiger partial charge in [-0.1, -0.05) is 51.1 Å². The van der Waals surface area contributed by atoms with Crippen molar-refractivity contribution < 1.29 is 9.59 Å². The lowest BCUT2D eigenvalue weighted by Gasteiger charge is -2.19. The highest BCUT2D eigenvalue weighted by atomic mass is 79.9. The molecule has 0 atom stereocenters. The first-order valence-corrected chi connectivity index (χ1v) is 10.1. The van der Waals surface area contributed by atoms with E-state index in [-0.39, 0.29) is 17.2 Å². The van der Waals surface area contributed by atoms with Crippen molar-refractivity contribution in [3.05, 3.63) is 94.0 Å². The number of carbonyl (C=O) groups is 2. The van der Waals surface area contributed by atoms with Gasteiger partial charge in [0.15, 0.2) is 0 Å². The maximum atomic E-state index is 12.6. The first kappa shape index (κ1) is 20.8. The monoisotopic (exact) mass is 450 g/mol. The molecular formula is C24H23BrN2O2. The Hall–Kier alpha value is -2.92. The third-order valence-corrected chi connectivity index (χ3v) is 5.20. The number of hydrogen-bond donors (Lipinski definition) is 2. The summed E-state index contributed by atoms with van der Waals surface area (Å²) in [6.45, 7) is 6.40. The normalized spacial score (nSPS) is 11.0. The van der Waals surface area contributed by atoms with Gasteiger partial charge in [0.2, 0.25) is 0 Å². The molecule has 3 rings (SSSR count). The summed E-state index contributed by atoms with van der Waals surface area (Å²) in [5.74, 6) is -0.418. The Balaban J connectivity index is 1.70. The Morgan fingerprint density at radius 1 is 0.759 bits per heavy atom. The molecule has 0 aromatic heterocycles. The van der Waals surface area contributed by atoms with Crippen LogP contribution in [0.15, 0.2) is 77.3 Å². The zero-order valence-electron chi connectivity index (χ0n) is 16.6. The smallest absolute Gasteiger partial charge is 0.256 e. The van der Waals surface area contributed by atoms with Crippen LogP contribution in [0.2, 0.25) is 0 Å². The van der Waals surface area contributed by atoms with E-state index in [0.29, 0.717) is 22.5 Å². The predicted molar refractivity (Wildman–Crippen MR) is 122 cm³/mol. The highest BCUT2D eigenvalue weighted by Crippen LogP contribution is 2.23. The average molecular weight is 451 g/mol. The number of amides is 2. The van der Waals surface area contributed by atoms with Crippen molar-refractivity contribution in [2.45, 2.75) is 26.2 Å². The van der Waals surface area contributed by atoms with Crippen LogP contribution in [0.3, 0.4) is 0 Å². The Bertz CT molecular complexity index is 1040. The molecule has 0 heterocycles. The van der Waals surface area contributed by atoms with Gasteiger partial charge in [0.1, 0.15) is 0 Å². The van der Waals surface area contributed by atoms with Gasteiger partial charge in [-0.2, -0.15) is 0 Å². The molecule has 0 fully saturated rings. The van der Waals surface area contributed by atoms with Gasteiger partial charge in [0.05, 0.1) is 5.56 Å². The Morgan fingerprint density at radius 2 is 1.34 bits per heavy atom. The van der Waals surface area contributed by atoms with E-state index in [1.165, 1.54) is 5.56 Å². The molecule has 2 amide bonds. The van der Waals surface area contributed by atoms with Crippen LogP contribution in [-0.4, -0.2) is 11.8 Å². The van der Waals surface area contributed by atoms with Gasteiger partial charge in [-0.25, -0.2) is 0 Å². The maximum Gasteiger partial charge on any atom is 0.256 e. The fraction of sp³-hybridized carbons (Fsp3) is 0.167. The van der Waals surface area contributed by atoms with Crippen molar-refractivity contribution in [3.8, 4) is 0 Å². The van der Waals surface area contributed by atoms with Crippen LogP contribution < -0.4 is 10.6 Å². The minimum Gasteiger partial charge on any atom is -0.322 e. The maximum absolute atomic E-state index is 12.6. The molecule has 3 aromatic rings. The van der Waals surface area contributed by atoms with Crippen molar-refractivity contribution >= 4 is 39.1 Å². The van der Waals surface area contributed by atoms with Crippen LogP contribution in [-0.2, 0) is 5.41 Å². The second-order valence-corrected chi connectivity index (χ2v) is 8.65. The number of rotatable bonds is 4. The predicted octanol–water partition coefficient (Wildman–Crippen LogP) is 6.25. The van der Waals surface area contributed by atoms with Crippen LogP contribution in [0, 0.1) is 0 Å². The number of hydrogen-bond acceptors (Lipinski definition) is 2. The van der Waals surface area contributed by atoms with Crippen LogP contribution >= 0.6 is 15.9 Å². The van der Waals surface area contributed by atoms with Gasteiger partial charge in [-0.3, -0.25) is 9.59 Å². The van der Waals surface area contributed by atoms with E-state index in [1.54, 1.807) is 36.4 Å². The summed E-state index contributed by atoms with van der Waals surface area (Å²) in [6.07, 6.45) is 0. The number of nitrogens with one attached hydrogen (secondary N) is 2. The third kappa shape index (κ3) is 5.33. The molecule has 0 saturated heterocycles. The summed E-state index contributed by atoms with van der Waals surface area (Å²) in [4.78, 5) is 25.0. The molecule has 29 heavy (non-hydrogen) atoms. The number of carbonyl (C=O) groups excluding carboxylic acids is 2. The molecule has 0 aliphatic heterocycles. The van der Waals surface area contributed by atoms with E-state index in [0.717, 1.165) is 4.47 Å². The molecule has 0 saturated carbocycles. The van der Waals surface area contributed by atoms with Gasteiger partial charge in [-0.05, 0) is 69.4 Å². The lowest BCUT2D eigenvalue weighted by molar-refractivity contribution is 0.101. The van der Waals surface area contributed by atoms with Crippen molar-refractivity contribution in [3.63, 3.8) is 0 Å². The molecule has 0 bridgehead atoms. The SMILES string of the molecule is CC(C)(C)c1ccc(C(=O)Nc2cccc(NC(=O)c3ccccc3Br)c2)cc1. The van der Waals surface area contributed by atoms with E-state index in [2.05, 4.69) is 47.3 Å². The van der Waals surface area contributed by atoms with E-state index in [1.807, 2.05) is 36.4 Å². The first-order valence-electron chi connectivity index (χ1n) is 9.32. The summed E-state index contributed by atoms with van der Waals surface area (Å²) in [5.41, 5.74) is 3.55. The Kier molecular flexibility index (Phi) is 6.18. The van der Waals surface area contributed by atoms with Crippen molar-refractivity contribution in [2.24, 2.45) is 0 Å². The topological polar surface area (TPSA) is 58.2 Å². The van der Waals surface area contributed by atoms with Crippen molar-refractivity contribution in [1.29, 1.82) is 0 Å². The van der Waals surface area contributed by atoms with E-state index in [4.69, 9.17) is 0 Å². The summed E-state index contributed by atoms with van der Waals surface area (Å²) in [5, 5.41) is 5.74. The molecule has 148 valence electrons. The second kappa shape index (κ2) is 8.62. The van der Waals surface area contributed by atoms with Gasteiger partial charge in [0, 0.05) is 21.4 Å². The van der Waals surface area contributed by atoms with E-state index in [9.17, 15) is 9.59 Å². The number of anilines is 2. The first-order chi connectivity index (χ1) is 13.7. The van der Waals surface area contributed by atoms with Gasteiger partial charge in [-0.15, -0.1) is 0 Å². The zero-order valence-corrected chi connectivity index (χ0v) is 18.2. The van der Waals surface area contributed by atoms with Crippen LogP contribution in [0.1, 0.15) is 47.1 Å². The molecular weight excluding hydrogens is 428 g/mol. The average Bonchev–Trinajstić information content (AvgIpc) is 2.68. The molecule has 5 heteroatoms. The summed E-state index contributed by atoms with van der Waals surface area (Å²) in [7, 11) is 0. The second-order valence-electron chi connectivity index (χ2n) is 7.80. The summed E-state index contributed by atoms with van der Waals surface area (Å²) >= 11 is 3.38. The largest absolute Gasteiger partial charge is 0.322 e. The van der Waals surface area contributed by atoms with Crippen LogP contribution in [0.4, 0.5) is 11.4 Å². The van der Waals surface area contributed by atoms with E-state index < -0.39 is 0 Å². The molecule has 0 unspecified atom stereocenters. The summed E-state index contributed by atoms with van der Waals surface area (Å²) < 4.78 is 0.723. The fourth-order valence-electron chi connectivity index (χ4n) is 2.84. The fourth-order valence-corrected chi connectivity index (χ4v) is 3.31. The molecule has 0 aliphatic rings. The quantitative estimate of drug-likeness (QED) is 0.493. The van der Waals surface area contributed by atoms with Crippen LogP contribution in [0.5, 0.6) is 0 Å². The van der Waals surface area contributed by atoms with Gasteiger partial charge < -0.3 is 10.6 Å². The standard InChI is InChI=1S/C24H23BrN2O2/c1-24(2,3)17-13-11-16(12-14-17)22(28)26-18-7-6-8-19(15-18)27-23(29)20-9-4-5-10-21(20)25/h4-15H,1-3H3,(H,26,28)(H,27,29). The number of benzene rings is 3. The minimum absolute atomic E-state index is 0.0370. The third-order valence-electron chi connectivity index (χ3n) is 4.51. The number of halogens is 1.